The van der Waals surface area contributed by atoms with Crippen LogP contribution in [-0.2, 0) is 17.8 Å². The molecular formula is C20H24N2O2S. The molecule has 1 heterocycles. The maximum absolute atomic E-state index is 12.4. The van der Waals surface area contributed by atoms with Crippen LogP contribution in [0, 0.1) is 0 Å². The summed E-state index contributed by atoms with van der Waals surface area (Å²) in [6.07, 6.45) is 2.03. The van der Waals surface area contributed by atoms with Crippen molar-refractivity contribution in [2.24, 2.45) is 0 Å². The van der Waals surface area contributed by atoms with Crippen LogP contribution < -0.4 is 5.32 Å². The van der Waals surface area contributed by atoms with Gasteiger partial charge >= 0.3 is 0 Å². The highest BCUT2D eigenvalue weighted by molar-refractivity contribution is 7.98. The number of hydrogen-bond acceptors (Lipinski definition) is 4. The van der Waals surface area contributed by atoms with Crippen molar-refractivity contribution in [3.05, 3.63) is 65.2 Å². The molecule has 4 nitrogen and oxygen atoms in total. The number of carbonyl (C=O) groups is 1. The number of amides is 1. The fraction of sp³-hybridized carbons (Fsp3) is 0.350. The topological polar surface area (TPSA) is 41.6 Å². The van der Waals surface area contributed by atoms with Crippen LogP contribution in [0.4, 0.5) is 0 Å². The van der Waals surface area contributed by atoms with Gasteiger partial charge in [-0.25, -0.2) is 0 Å². The van der Waals surface area contributed by atoms with Crippen molar-refractivity contribution < 1.29 is 9.53 Å². The number of hydrogen-bond donors (Lipinski definition) is 1. The Morgan fingerprint density at radius 1 is 1.08 bits per heavy atom. The summed E-state index contributed by atoms with van der Waals surface area (Å²) in [7, 11) is 0. The molecule has 1 saturated heterocycles. The van der Waals surface area contributed by atoms with E-state index in [1.807, 2.05) is 36.6 Å². The van der Waals surface area contributed by atoms with Crippen LogP contribution in [0.2, 0.25) is 0 Å². The van der Waals surface area contributed by atoms with Crippen LogP contribution in [0.1, 0.15) is 21.5 Å². The zero-order valence-corrected chi connectivity index (χ0v) is 15.3. The van der Waals surface area contributed by atoms with E-state index in [1.165, 1.54) is 11.1 Å². The minimum Gasteiger partial charge on any atom is -0.379 e. The van der Waals surface area contributed by atoms with Crippen LogP contribution in [0.25, 0.3) is 0 Å². The zero-order chi connectivity index (χ0) is 17.5. The summed E-state index contributed by atoms with van der Waals surface area (Å²) in [6, 6.07) is 16.0. The van der Waals surface area contributed by atoms with Gasteiger partial charge < -0.3 is 10.1 Å². The molecule has 1 amide bonds. The number of ether oxygens (including phenoxy) is 1. The van der Waals surface area contributed by atoms with E-state index in [-0.39, 0.29) is 5.91 Å². The lowest BCUT2D eigenvalue weighted by atomic mass is 10.1. The lowest BCUT2D eigenvalue weighted by Gasteiger charge is -2.27. The van der Waals surface area contributed by atoms with Crippen LogP contribution >= 0.6 is 11.8 Å². The molecule has 0 atom stereocenters. The number of benzene rings is 2. The third-order valence-corrected chi connectivity index (χ3v) is 5.15. The third-order valence-electron chi connectivity index (χ3n) is 4.41. The molecular weight excluding hydrogens is 332 g/mol. The number of carbonyl (C=O) groups excluding carboxylic acids is 1. The summed E-state index contributed by atoms with van der Waals surface area (Å²) in [5.41, 5.74) is 3.13. The van der Waals surface area contributed by atoms with Gasteiger partial charge in [-0.1, -0.05) is 24.3 Å². The van der Waals surface area contributed by atoms with Crippen molar-refractivity contribution in [1.82, 2.24) is 10.2 Å². The molecule has 1 aliphatic rings. The quantitative estimate of drug-likeness (QED) is 0.807. The van der Waals surface area contributed by atoms with Crippen molar-refractivity contribution in [3.63, 3.8) is 0 Å². The Morgan fingerprint density at radius 3 is 2.44 bits per heavy atom. The van der Waals surface area contributed by atoms with Gasteiger partial charge in [-0.15, -0.1) is 11.8 Å². The molecule has 0 spiro atoms. The normalized spacial score (nSPS) is 15.1. The van der Waals surface area contributed by atoms with Gasteiger partial charge in [-0.2, -0.15) is 0 Å². The summed E-state index contributed by atoms with van der Waals surface area (Å²) >= 11 is 1.67. The predicted octanol–water partition coefficient (Wildman–Crippen LogP) is 3.17. The van der Waals surface area contributed by atoms with E-state index in [0.29, 0.717) is 12.1 Å². The van der Waals surface area contributed by atoms with Crippen molar-refractivity contribution in [2.75, 3.05) is 32.6 Å². The van der Waals surface area contributed by atoms with Crippen molar-refractivity contribution in [2.45, 2.75) is 18.0 Å². The molecule has 0 saturated carbocycles. The van der Waals surface area contributed by atoms with Crippen molar-refractivity contribution in [1.29, 1.82) is 0 Å². The average Bonchev–Trinajstić information content (AvgIpc) is 2.68. The SMILES string of the molecule is CSc1ccc(C(=O)NCc2ccccc2CN2CCOCC2)cc1. The molecule has 1 aliphatic heterocycles. The molecule has 5 heteroatoms. The van der Waals surface area contributed by atoms with Gasteiger partial charge in [0.15, 0.2) is 0 Å². The Hall–Kier alpha value is -1.82. The molecule has 2 aromatic rings. The Kier molecular flexibility index (Phi) is 6.50. The molecule has 25 heavy (non-hydrogen) atoms. The Bertz CT molecular complexity index is 697. The first-order valence-corrected chi connectivity index (χ1v) is 9.78. The average molecular weight is 356 g/mol. The summed E-state index contributed by atoms with van der Waals surface area (Å²) in [4.78, 5) is 15.9. The Labute approximate surface area is 153 Å². The second-order valence-corrected chi connectivity index (χ2v) is 6.95. The fourth-order valence-electron chi connectivity index (χ4n) is 2.90. The zero-order valence-electron chi connectivity index (χ0n) is 14.5. The molecule has 132 valence electrons. The molecule has 0 aromatic heterocycles. The van der Waals surface area contributed by atoms with Crippen LogP contribution in [0.15, 0.2) is 53.4 Å². The first kappa shape index (κ1) is 18.0. The van der Waals surface area contributed by atoms with Gasteiger partial charge in [0.05, 0.1) is 13.2 Å². The number of nitrogens with one attached hydrogen (secondary N) is 1. The van der Waals surface area contributed by atoms with E-state index in [2.05, 4.69) is 28.4 Å². The predicted molar refractivity (Wildman–Crippen MR) is 102 cm³/mol. The van der Waals surface area contributed by atoms with E-state index in [4.69, 9.17) is 4.74 Å². The molecule has 3 rings (SSSR count). The van der Waals surface area contributed by atoms with Crippen molar-refractivity contribution >= 4 is 17.7 Å². The summed E-state index contributed by atoms with van der Waals surface area (Å²) in [5.74, 6) is -0.0335. The minimum absolute atomic E-state index is 0.0335. The smallest absolute Gasteiger partial charge is 0.251 e. The van der Waals surface area contributed by atoms with E-state index < -0.39 is 0 Å². The number of thioether (sulfide) groups is 1. The first-order valence-electron chi connectivity index (χ1n) is 8.55. The summed E-state index contributed by atoms with van der Waals surface area (Å²) in [6.45, 7) is 4.96. The number of nitrogens with zero attached hydrogens (tertiary/aromatic N) is 1. The summed E-state index contributed by atoms with van der Waals surface area (Å²) in [5, 5.41) is 3.04. The standard InChI is InChI=1S/C20H24N2O2S/c1-25-19-8-6-16(7-9-19)20(23)21-14-17-4-2-3-5-18(17)15-22-10-12-24-13-11-22/h2-9H,10-15H2,1H3,(H,21,23). The molecule has 1 N–H and O–H groups in total. The Morgan fingerprint density at radius 2 is 1.76 bits per heavy atom. The maximum atomic E-state index is 12.4. The molecule has 0 unspecified atom stereocenters. The Balaban J connectivity index is 1.61. The monoisotopic (exact) mass is 356 g/mol. The molecule has 0 bridgehead atoms. The molecule has 0 aliphatic carbocycles. The number of morpholine rings is 1. The highest BCUT2D eigenvalue weighted by Crippen LogP contribution is 2.16. The summed E-state index contributed by atoms with van der Waals surface area (Å²) < 4.78 is 5.41. The van der Waals surface area contributed by atoms with Gasteiger partial charge in [-0.3, -0.25) is 9.69 Å². The highest BCUT2D eigenvalue weighted by Gasteiger charge is 2.13. The van der Waals surface area contributed by atoms with Crippen molar-refractivity contribution in [3.8, 4) is 0 Å². The second kappa shape index (κ2) is 9.04. The van der Waals surface area contributed by atoms with Crippen LogP contribution in [0.3, 0.4) is 0 Å². The lowest BCUT2D eigenvalue weighted by molar-refractivity contribution is 0.0340. The van der Waals surface area contributed by atoms with Gasteiger partial charge in [0.2, 0.25) is 0 Å². The van der Waals surface area contributed by atoms with E-state index >= 15 is 0 Å². The maximum Gasteiger partial charge on any atom is 0.251 e. The second-order valence-electron chi connectivity index (χ2n) is 6.07. The van der Waals surface area contributed by atoms with Gasteiger partial charge in [0.25, 0.3) is 5.91 Å². The lowest BCUT2D eigenvalue weighted by Crippen LogP contribution is -2.36. The first-order chi connectivity index (χ1) is 12.3. The van der Waals surface area contributed by atoms with Crippen LogP contribution in [0.5, 0.6) is 0 Å². The van der Waals surface area contributed by atoms with Crippen LogP contribution in [-0.4, -0.2) is 43.4 Å². The molecule has 0 radical (unpaired) electrons. The third kappa shape index (κ3) is 5.08. The molecule has 2 aromatic carbocycles. The largest absolute Gasteiger partial charge is 0.379 e. The van der Waals surface area contributed by atoms with Gasteiger partial charge in [0.1, 0.15) is 0 Å². The van der Waals surface area contributed by atoms with E-state index in [1.54, 1.807) is 11.8 Å². The fourth-order valence-corrected chi connectivity index (χ4v) is 3.31. The highest BCUT2D eigenvalue weighted by atomic mass is 32.2. The minimum atomic E-state index is -0.0335. The van der Waals surface area contributed by atoms with Gasteiger partial charge in [0, 0.05) is 36.6 Å². The van der Waals surface area contributed by atoms with Gasteiger partial charge in [-0.05, 0) is 41.6 Å². The number of rotatable bonds is 6. The van der Waals surface area contributed by atoms with E-state index in [9.17, 15) is 4.79 Å². The van der Waals surface area contributed by atoms with E-state index in [0.717, 1.165) is 37.7 Å². The molecule has 1 fully saturated rings.